The summed E-state index contributed by atoms with van der Waals surface area (Å²) >= 11 is 1.38. The second-order valence-electron chi connectivity index (χ2n) is 4.11. The quantitative estimate of drug-likeness (QED) is 0.649. The van der Waals surface area contributed by atoms with Gasteiger partial charge < -0.3 is 10.0 Å². The van der Waals surface area contributed by atoms with Gasteiger partial charge in [-0.25, -0.2) is 9.97 Å². The van der Waals surface area contributed by atoms with E-state index in [2.05, 4.69) is 9.97 Å². The van der Waals surface area contributed by atoms with Crippen molar-refractivity contribution < 1.29 is 14.7 Å². The molecular formula is C12H17N3O3S. The number of aryl methyl sites for hydroxylation is 2. The fourth-order valence-electron chi connectivity index (χ4n) is 1.63. The van der Waals surface area contributed by atoms with Crippen LogP contribution in [0.1, 0.15) is 28.3 Å². The average molecular weight is 283 g/mol. The molecule has 1 aromatic heterocycles. The van der Waals surface area contributed by atoms with Crippen LogP contribution in [0.3, 0.4) is 0 Å². The molecule has 7 heteroatoms. The first-order valence-corrected chi connectivity index (χ1v) is 6.95. The van der Waals surface area contributed by atoms with Gasteiger partial charge in [-0.2, -0.15) is 0 Å². The molecular weight excluding hydrogens is 266 g/mol. The highest BCUT2D eigenvalue weighted by molar-refractivity contribution is 7.98. The molecule has 1 amide bonds. The molecule has 0 aliphatic rings. The van der Waals surface area contributed by atoms with Gasteiger partial charge in [-0.05, 0) is 20.1 Å². The Balaban J connectivity index is 3.01. The largest absolute Gasteiger partial charge is 0.481 e. The predicted molar refractivity (Wildman–Crippen MR) is 72.5 cm³/mol. The molecule has 0 aliphatic heterocycles. The van der Waals surface area contributed by atoms with Crippen LogP contribution in [0, 0.1) is 13.8 Å². The Labute approximate surface area is 116 Å². The lowest BCUT2D eigenvalue weighted by Gasteiger charge is -2.18. The van der Waals surface area contributed by atoms with Crippen LogP contribution in [-0.2, 0) is 4.79 Å². The maximum atomic E-state index is 12.3. The summed E-state index contributed by atoms with van der Waals surface area (Å²) in [6, 6.07) is 0. The first-order valence-electron chi connectivity index (χ1n) is 5.73. The first kappa shape index (κ1) is 15.4. The summed E-state index contributed by atoms with van der Waals surface area (Å²) in [7, 11) is 1.58. The molecule has 0 aliphatic carbocycles. The van der Waals surface area contributed by atoms with Crippen molar-refractivity contribution in [3.05, 3.63) is 17.1 Å². The van der Waals surface area contributed by atoms with Gasteiger partial charge in [0.1, 0.15) is 10.9 Å². The molecule has 0 saturated heterocycles. The van der Waals surface area contributed by atoms with Crippen molar-refractivity contribution in [2.24, 2.45) is 0 Å². The maximum Gasteiger partial charge on any atom is 0.305 e. The monoisotopic (exact) mass is 283 g/mol. The van der Waals surface area contributed by atoms with E-state index in [1.807, 2.05) is 6.26 Å². The fraction of sp³-hybridized carbons (Fsp3) is 0.500. The Morgan fingerprint density at radius 3 is 2.47 bits per heavy atom. The second kappa shape index (κ2) is 6.51. The molecule has 0 fully saturated rings. The number of aliphatic carboxylic acids is 1. The summed E-state index contributed by atoms with van der Waals surface area (Å²) in [6.45, 7) is 3.69. The van der Waals surface area contributed by atoms with E-state index in [-0.39, 0.29) is 18.9 Å². The third-order valence-electron chi connectivity index (χ3n) is 2.58. The number of carbonyl (C=O) groups is 2. The minimum Gasteiger partial charge on any atom is -0.481 e. The Bertz CT molecular complexity index is 505. The van der Waals surface area contributed by atoms with E-state index >= 15 is 0 Å². The summed E-state index contributed by atoms with van der Waals surface area (Å²) < 4.78 is 0. The highest BCUT2D eigenvalue weighted by Gasteiger charge is 2.21. The number of carbonyl (C=O) groups excluding carboxylic acids is 1. The van der Waals surface area contributed by atoms with Gasteiger partial charge in [-0.1, -0.05) is 0 Å². The Hall–Kier alpha value is -1.63. The van der Waals surface area contributed by atoms with E-state index in [4.69, 9.17) is 5.11 Å². The van der Waals surface area contributed by atoms with Crippen molar-refractivity contribution in [1.29, 1.82) is 0 Å². The van der Waals surface area contributed by atoms with Gasteiger partial charge >= 0.3 is 5.97 Å². The average Bonchev–Trinajstić information content (AvgIpc) is 2.34. The van der Waals surface area contributed by atoms with Crippen LogP contribution in [0.4, 0.5) is 0 Å². The number of hydrogen-bond donors (Lipinski definition) is 1. The van der Waals surface area contributed by atoms with E-state index < -0.39 is 5.97 Å². The number of nitrogens with zero attached hydrogens (tertiary/aromatic N) is 3. The van der Waals surface area contributed by atoms with Gasteiger partial charge in [-0.15, -0.1) is 11.8 Å². The molecule has 0 aromatic carbocycles. The minimum atomic E-state index is -0.929. The molecule has 0 atom stereocenters. The zero-order valence-corrected chi connectivity index (χ0v) is 12.2. The van der Waals surface area contributed by atoms with E-state index in [0.29, 0.717) is 22.1 Å². The maximum absolute atomic E-state index is 12.3. The smallest absolute Gasteiger partial charge is 0.305 e. The zero-order valence-electron chi connectivity index (χ0n) is 11.4. The summed E-state index contributed by atoms with van der Waals surface area (Å²) in [5, 5.41) is 9.26. The molecule has 1 rings (SSSR count). The molecule has 104 valence electrons. The molecule has 0 spiro atoms. The fourth-order valence-corrected chi connectivity index (χ4v) is 2.29. The van der Waals surface area contributed by atoms with E-state index in [9.17, 15) is 9.59 Å². The highest BCUT2D eigenvalue weighted by atomic mass is 32.2. The third kappa shape index (κ3) is 3.92. The van der Waals surface area contributed by atoms with Gasteiger partial charge in [0.05, 0.1) is 17.7 Å². The molecule has 0 bridgehead atoms. The molecule has 0 saturated carbocycles. The normalized spacial score (nSPS) is 10.3. The van der Waals surface area contributed by atoms with Crippen LogP contribution in [0.5, 0.6) is 0 Å². The lowest BCUT2D eigenvalue weighted by molar-refractivity contribution is -0.137. The van der Waals surface area contributed by atoms with Crippen LogP contribution in [0.15, 0.2) is 5.03 Å². The second-order valence-corrected chi connectivity index (χ2v) is 4.91. The number of aromatic nitrogens is 2. The molecule has 1 heterocycles. The first-order chi connectivity index (χ1) is 8.86. The zero-order chi connectivity index (χ0) is 14.6. The Kier molecular flexibility index (Phi) is 5.29. The van der Waals surface area contributed by atoms with Crippen LogP contribution < -0.4 is 0 Å². The van der Waals surface area contributed by atoms with Crippen LogP contribution >= 0.6 is 11.8 Å². The summed E-state index contributed by atoms with van der Waals surface area (Å²) in [4.78, 5) is 32.7. The van der Waals surface area contributed by atoms with Crippen LogP contribution in [0.2, 0.25) is 0 Å². The van der Waals surface area contributed by atoms with Crippen molar-refractivity contribution in [3.63, 3.8) is 0 Å². The molecule has 6 nitrogen and oxygen atoms in total. The Morgan fingerprint density at radius 2 is 1.95 bits per heavy atom. The lowest BCUT2D eigenvalue weighted by Crippen LogP contribution is -2.30. The molecule has 1 aromatic rings. The third-order valence-corrected chi connectivity index (χ3v) is 3.27. The molecule has 0 radical (unpaired) electrons. The number of rotatable bonds is 5. The van der Waals surface area contributed by atoms with E-state index in [1.165, 1.54) is 16.7 Å². The highest BCUT2D eigenvalue weighted by Crippen LogP contribution is 2.21. The molecule has 0 unspecified atom stereocenters. The van der Waals surface area contributed by atoms with Crippen molar-refractivity contribution in [2.45, 2.75) is 25.3 Å². The van der Waals surface area contributed by atoms with Crippen LogP contribution in [-0.4, -0.2) is 51.7 Å². The van der Waals surface area contributed by atoms with E-state index in [1.54, 1.807) is 20.9 Å². The topological polar surface area (TPSA) is 83.4 Å². The van der Waals surface area contributed by atoms with Gasteiger partial charge in [0.2, 0.25) is 0 Å². The SMILES string of the molecule is CSc1nc(C)nc(C)c1C(=O)N(C)CCC(=O)O. The van der Waals surface area contributed by atoms with Gasteiger partial charge in [0.15, 0.2) is 0 Å². The van der Waals surface area contributed by atoms with Crippen molar-refractivity contribution in [3.8, 4) is 0 Å². The summed E-state index contributed by atoms with van der Waals surface area (Å²) in [5.74, 6) is -0.559. The van der Waals surface area contributed by atoms with Crippen molar-refractivity contribution in [1.82, 2.24) is 14.9 Å². The lowest BCUT2D eigenvalue weighted by atomic mass is 10.2. The number of hydrogen-bond acceptors (Lipinski definition) is 5. The van der Waals surface area contributed by atoms with Crippen LogP contribution in [0.25, 0.3) is 0 Å². The standard InChI is InChI=1S/C12H17N3O3S/c1-7-10(11(19-4)14-8(2)13-7)12(18)15(3)6-5-9(16)17/h5-6H2,1-4H3,(H,16,17). The molecule has 1 N–H and O–H groups in total. The molecule has 19 heavy (non-hydrogen) atoms. The predicted octanol–water partition coefficient (Wildman–Crippen LogP) is 1.36. The van der Waals surface area contributed by atoms with Crippen molar-refractivity contribution >= 4 is 23.6 Å². The van der Waals surface area contributed by atoms with Gasteiger partial charge in [0.25, 0.3) is 5.91 Å². The summed E-state index contributed by atoms with van der Waals surface area (Å²) in [5.41, 5.74) is 1.06. The van der Waals surface area contributed by atoms with E-state index in [0.717, 1.165) is 0 Å². The number of carboxylic acid groups (broad SMARTS) is 1. The number of carboxylic acids is 1. The Morgan fingerprint density at radius 1 is 1.32 bits per heavy atom. The number of thioether (sulfide) groups is 1. The van der Waals surface area contributed by atoms with Gasteiger partial charge in [-0.3, -0.25) is 9.59 Å². The minimum absolute atomic E-state index is 0.0807. The van der Waals surface area contributed by atoms with Crippen molar-refractivity contribution in [2.75, 3.05) is 19.8 Å². The number of amides is 1. The van der Waals surface area contributed by atoms with Gasteiger partial charge in [0, 0.05) is 13.6 Å². The summed E-state index contributed by atoms with van der Waals surface area (Å²) in [6.07, 6.45) is 1.76.